The monoisotopic (exact) mass is 234 g/mol. The topological polar surface area (TPSA) is 70.5 Å². The van der Waals surface area contributed by atoms with Crippen LogP contribution in [0.4, 0.5) is 0 Å². The molecule has 90 valence electrons. The summed E-state index contributed by atoms with van der Waals surface area (Å²) in [5.41, 5.74) is -0.716. The minimum Gasteiger partial charge on any atom is -0.479 e. The van der Waals surface area contributed by atoms with E-state index in [0.717, 1.165) is 0 Å². The van der Waals surface area contributed by atoms with Gasteiger partial charge in [0.25, 0.3) is 0 Å². The van der Waals surface area contributed by atoms with Crippen molar-refractivity contribution in [3.63, 3.8) is 0 Å². The Morgan fingerprint density at radius 2 is 2.12 bits per heavy atom. The van der Waals surface area contributed by atoms with Crippen LogP contribution in [0.15, 0.2) is 24.5 Å². The van der Waals surface area contributed by atoms with Gasteiger partial charge in [-0.2, -0.15) is 0 Å². The number of aromatic nitrogens is 1. The van der Waals surface area contributed by atoms with Gasteiger partial charge in [-0.15, -0.1) is 0 Å². The molecule has 5 heteroatoms. The molecule has 1 aliphatic rings. The van der Waals surface area contributed by atoms with Crippen molar-refractivity contribution in [2.24, 2.45) is 0 Å². The van der Waals surface area contributed by atoms with Gasteiger partial charge in [0.05, 0.1) is 0 Å². The Kier molecular flexibility index (Phi) is 2.83. The number of aliphatic carboxylic acids is 1. The van der Waals surface area contributed by atoms with E-state index in [0.29, 0.717) is 24.9 Å². The van der Waals surface area contributed by atoms with Crippen LogP contribution in [0, 0.1) is 0 Å². The molecule has 1 unspecified atom stereocenters. The van der Waals surface area contributed by atoms with Crippen molar-refractivity contribution >= 4 is 11.9 Å². The number of carboxylic acids is 1. The van der Waals surface area contributed by atoms with Crippen LogP contribution in [-0.2, 0) is 15.1 Å². The van der Waals surface area contributed by atoms with Gasteiger partial charge in [0, 0.05) is 25.4 Å². The number of nitrogens with zero attached hydrogens (tertiary/aromatic N) is 2. The van der Waals surface area contributed by atoms with E-state index in [9.17, 15) is 14.7 Å². The minimum absolute atomic E-state index is 0.105. The third-order valence-electron chi connectivity index (χ3n) is 3.27. The lowest BCUT2D eigenvalue weighted by Crippen LogP contribution is -2.50. The van der Waals surface area contributed by atoms with Gasteiger partial charge in [0.1, 0.15) is 0 Å². The molecule has 0 aliphatic carbocycles. The molecule has 1 aromatic rings. The maximum Gasteiger partial charge on any atom is 0.334 e. The van der Waals surface area contributed by atoms with Crippen LogP contribution in [0.1, 0.15) is 25.3 Å². The van der Waals surface area contributed by atoms with Crippen molar-refractivity contribution < 1.29 is 14.7 Å². The van der Waals surface area contributed by atoms with Crippen molar-refractivity contribution in [2.45, 2.75) is 25.3 Å². The predicted molar refractivity (Wildman–Crippen MR) is 60.2 cm³/mol. The molecule has 0 radical (unpaired) electrons. The van der Waals surface area contributed by atoms with Crippen LogP contribution in [0.2, 0.25) is 0 Å². The first kappa shape index (κ1) is 11.6. The molecule has 1 aromatic heterocycles. The van der Waals surface area contributed by atoms with Crippen LogP contribution in [0.5, 0.6) is 0 Å². The number of carbonyl (C=O) groups is 2. The van der Waals surface area contributed by atoms with Gasteiger partial charge in [0.2, 0.25) is 5.91 Å². The number of carboxylic acid groups (broad SMARTS) is 1. The molecular formula is C12H14N2O3. The van der Waals surface area contributed by atoms with E-state index >= 15 is 0 Å². The van der Waals surface area contributed by atoms with Crippen molar-refractivity contribution in [1.29, 1.82) is 0 Å². The molecule has 1 amide bonds. The molecule has 0 saturated carbocycles. The standard InChI is InChI=1S/C12H14N2O3/c1-12(11(16)17,9-4-6-13-7-5-9)14-8-2-3-10(14)15/h4-7H,2-3,8H2,1H3,(H,16,17). The molecule has 2 rings (SSSR count). The molecule has 1 saturated heterocycles. The fourth-order valence-electron chi connectivity index (χ4n) is 2.19. The van der Waals surface area contributed by atoms with Crippen LogP contribution >= 0.6 is 0 Å². The second kappa shape index (κ2) is 4.16. The first-order chi connectivity index (χ1) is 8.06. The number of amides is 1. The highest BCUT2D eigenvalue weighted by atomic mass is 16.4. The van der Waals surface area contributed by atoms with Crippen molar-refractivity contribution in [3.05, 3.63) is 30.1 Å². The summed E-state index contributed by atoms with van der Waals surface area (Å²) in [5.74, 6) is -1.12. The zero-order valence-electron chi connectivity index (χ0n) is 9.59. The van der Waals surface area contributed by atoms with Crippen LogP contribution in [0.25, 0.3) is 0 Å². The van der Waals surface area contributed by atoms with Gasteiger partial charge >= 0.3 is 5.97 Å². The van der Waals surface area contributed by atoms with Gasteiger partial charge in [-0.3, -0.25) is 9.78 Å². The normalized spacial score (nSPS) is 19.1. The highest BCUT2D eigenvalue weighted by Crippen LogP contribution is 2.32. The Bertz CT molecular complexity index is 446. The van der Waals surface area contributed by atoms with Gasteiger partial charge < -0.3 is 10.0 Å². The van der Waals surface area contributed by atoms with Crippen molar-refractivity contribution in [2.75, 3.05) is 6.54 Å². The predicted octanol–water partition coefficient (Wildman–Crippen LogP) is 1.00. The Labute approximate surface area is 99.1 Å². The average Bonchev–Trinajstić information content (AvgIpc) is 2.76. The molecule has 17 heavy (non-hydrogen) atoms. The number of hydrogen-bond donors (Lipinski definition) is 1. The molecule has 1 fully saturated rings. The third-order valence-corrected chi connectivity index (χ3v) is 3.27. The highest BCUT2D eigenvalue weighted by Gasteiger charge is 2.45. The fourth-order valence-corrected chi connectivity index (χ4v) is 2.19. The summed E-state index contributed by atoms with van der Waals surface area (Å²) >= 11 is 0. The van der Waals surface area contributed by atoms with E-state index in [1.54, 1.807) is 19.1 Å². The first-order valence-corrected chi connectivity index (χ1v) is 5.51. The van der Waals surface area contributed by atoms with Gasteiger partial charge in [-0.1, -0.05) is 0 Å². The second-order valence-electron chi connectivity index (χ2n) is 4.26. The fraction of sp³-hybridized carbons (Fsp3) is 0.417. The first-order valence-electron chi connectivity index (χ1n) is 5.51. The summed E-state index contributed by atoms with van der Waals surface area (Å²) in [6.07, 6.45) is 4.22. The lowest BCUT2D eigenvalue weighted by molar-refractivity contribution is -0.156. The molecule has 2 heterocycles. The van der Waals surface area contributed by atoms with Crippen LogP contribution < -0.4 is 0 Å². The number of pyridine rings is 1. The molecule has 1 aliphatic heterocycles. The van der Waals surface area contributed by atoms with Gasteiger partial charge in [-0.25, -0.2) is 4.79 Å². The molecule has 5 nitrogen and oxygen atoms in total. The summed E-state index contributed by atoms with van der Waals surface area (Å²) in [4.78, 5) is 28.6. The lowest BCUT2D eigenvalue weighted by atomic mass is 9.91. The summed E-state index contributed by atoms with van der Waals surface area (Å²) in [7, 11) is 0. The van der Waals surface area contributed by atoms with E-state index in [2.05, 4.69) is 4.98 Å². The lowest BCUT2D eigenvalue weighted by Gasteiger charge is -2.35. The summed E-state index contributed by atoms with van der Waals surface area (Å²) in [6, 6.07) is 3.28. The second-order valence-corrected chi connectivity index (χ2v) is 4.26. The Hall–Kier alpha value is -1.91. The summed E-state index contributed by atoms with van der Waals surface area (Å²) in [5, 5.41) is 9.45. The SMILES string of the molecule is CC(C(=O)O)(c1ccncc1)N1CCCC1=O. The van der Waals surface area contributed by atoms with Crippen molar-refractivity contribution in [3.8, 4) is 0 Å². The number of rotatable bonds is 3. The number of hydrogen-bond acceptors (Lipinski definition) is 3. The molecule has 0 bridgehead atoms. The summed E-state index contributed by atoms with van der Waals surface area (Å²) < 4.78 is 0. The molecular weight excluding hydrogens is 220 g/mol. The average molecular weight is 234 g/mol. The van der Waals surface area contributed by atoms with Crippen LogP contribution in [-0.4, -0.2) is 33.4 Å². The molecule has 1 atom stereocenters. The molecule has 1 N–H and O–H groups in total. The Morgan fingerprint density at radius 3 is 2.59 bits per heavy atom. The van der Waals surface area contributed by atoms with Crippen LogP contribution in [0.3, 0.4) is 0 Å². The maximum absolute atomic E-state index is 11.7. The quantitative estimate of drug-likeness (QED) is 0.847. The van der Waals surface area contributed by atoms with E-state index in [1.807, 2.05) is 0 Å². The summed E-state index contributed by atoms with van der Waals surface area (Å²) in [6.45, 7) is 2.05. The smallest absolute Gasteiger partial charge is 0.334 e. The number of likely N-dealkylation sites (tertiary alicyclic amines) is 1. The highest BCUT2D eigenvalue weighted by molar-refractivity contribution is 5.88. The molecule has 0 aromatic carbocycles. The molecule has 0 spiro atoms. The largest absolute Gasteiger partial charge is 0.479 e. The number of carbonyl (C=O) groups excluding carboxylic acids is 1. The maximum atomic E-state index is 11.7. The Balaban J connectivity index is 2.46. The van der Waals surface area contributed by atoms with Gasteiger partial charge in [0.15, 0.2) is 5.54 Å². The van der Waals surface area contributed by atoms with Crippen molar-refractivity contribution in [1.82, 2.24) is 9.88 Å². The zero-order valence-corrected chi connectivity index (χ0v) is 9.59. The Morgan fingerprint density at radius 1 is 1.47 bits per heavy atom. The van der Waals surface area contributed by atoms with Gasteiger partial charge in [-0.05, 0) is 31.0 Å². The van der Waals surface area contributed by atoms with E-state index < -0.39 is 11.5 Å². The van der Waals surface area contributed by atoms with E-state index in [-0.39, 0.29) is 5.91 Å². The van der Waals surface area contributed by atoms with E-state index in [1.165, 1.54) is 17.3 Å². The minimum atomic E-state index is -1.30. The zero-order chi connectivity index (χ0) is 12.5. The van der Waals surface area contributed by atoms with E-state index in [4.69, 9.17) is 0 Å². The third kappa shape index (κ3) is 1.77.